The van der Waals surface area contributed by atoms with E-state index in [0.29, 0.717) is 13.0 Å². The molecule has 0 N–H and O–H groups in total. The van der Waals surface area contributed by atoms with Crippen LogP contribution < -0.4 is 0 Å². The Hall–Kier alpha value is -0.570. The highest BCUT2D eigenvalue weighted by atomic mass is 16.5. The number of carbonyl (C=O) groups is 1. The average Bonchev–Trinajstić information content (AvgIpc) is 2.02. The van der Waals surface area contributed by atoms with Crippen LogP contribution in [0.5, 0.6) is 0 Å². The first-order valence-electron chi connectivity index (χ1n) is 4.49. The van der Waals surface area contributed by atoms with E-state index >= 15 is 0 Å². The molecule has 0 aliphatic heterocycles. The lowest BCUT2D eigenvalue weighted by Gasteiger charge is -2.27. The van der Waals surface area contributed by atoms with E-state index in [9.17, 15) is 4.79 Å². The number of hydrogen-bond acceptors (Lipinski definition) is 2. The summed E-state index contributed by atoms with van der Waals surface area (Å²) in [6, 6.07) is 0. The summed E-state index contributed by atoms with van der Waals surface area (Å²) in [4.78, 5) is 11.0. The van der Waals surface area contributed by atoms with Crippen LogP contribution >= 0.6 is 0 Å². The van der Waals surface area contributed by atoms with E-state index in [1.54, 1.807) is 0 Å². The molecule has 0 spiro atoms. The van der Waals surface area contributed by atoms with Crippen LogP contribution in [-0.4, -0.2) is 44.2 Å². The van der Waals surface area contributed by atoms with Crippen molar-refractivity contribution in [1.29, 1.82) is 0 Å². The van der Waals surface area contributed by atoms with Gasteiger partial charge < -0.3 is 9.22 Å². The molecule has 0 unspecified atom stereocenters. The van der Waals surface area contributed by atoms with Crippen LogP contribution in [0.2, 0.25) is 0 Å². The van der Waals surface area contributed by atoms with E-state index in [0.717, 1.165) is 17.6 Å². The van der Waals surface area contributed by atoms with Crippen LogP contribution in [0.25, 0.3) is 0 Å². The van der Waals surface area contributed by atoms with Crippen molar-refractivity contribution in [1.82, 2.24) is 0 Å². The third-order valence-corrected chi connectivity index (χ3v) is 2.08. The van der Waals surface area contributed by atoms with Gasteiger partial charge >= 0.3 is 5.97 Å². The van der Waals surface area contributed by atoms with Crippen molar-refractivity contribution in [2.24, 2.45) is 0 Å². The first kappa shape index (κ1) is 11.4. The molecule has 0 aliphatic rings. The van der Waals surface area contributed by atoms with Gasteiger partial charge in [0.1, 0.15) is 0 Å². The molecule has 3 heteroatoms. The van der Waals surface area contributed by atoms with E-state index in [4.69, 9.17) is 4.74 Å². The molecule has 0 heterocycles. The first-order chi connectivity index (χ1) is 5.52. The van der Waals surface area contributed by atoms with Gasteiger partial charge in [0, 0.05) is 0 Å². The Morgan fingerprint density at radius 1 is 1.33 bits per heavy atom. The molecule has 0 radical (unpaired) electrons. The van der Waals surface area contributed by atoms with Crippen molar-refractivity contribution in [3.63, 3.8) is 0 Å². The zero-order chi connectivity index (χ0) is 9.61. The molecule has 3 nitrogen and oxygen atoms in total. The summed E-state index contributed by atoms with van der Waals surface area (Å²) in [5, 5.41) is 0. The Labute approximate surface area is 74.9 Å². The molecule has 0 amide bonds. The minimum atomic E-state index is -0.0860. The van der Waals surface area contributed by atoms with E-state index in [2.05, 4.69) is 21.0 Å². The zero-order valence-electron chi connectivity index (χ0n) is 8.59. The van der Waals surface area contributed by atoms with Crippen molar-refractivity contribution in [3.05, 3.63) is 0 Å². The third-order valence-electron chi connectivity index (χ3n) is 2.08. The summed E-state index contributed by atoms with van der Waals surface area (Å²) in [6.45, 7) is 6.33. The van der Waals surface area contributed by atoms with Crippen LogP contribution in [0.4, 0.5) is 0 Å². The van der Waals surface area contributed by atoms with E-state index in [1.807, 2.05) is 6.92 Å². The van der Waals surface area contributed by atoms with Gasteiger partial charge in [0.05, 0.1) is 40.2 Å². The van der Waals surface area contributed by atoms with Crippen molar-refractivity contribution < 1.29 is 14.0 Å². The number of carbonyl (C=O) groups excluding carboxylic acids is 1. The summed E-state index contributed by atoms with van der Waals surface area (Å²) < 4.78 is 5.71. The standard InChI is InChI=1S/C9H20NO2/c1-5-10(3,4)8-7-9(11)12-6-2/h5-8H2,1-4H3/q+1. The number of ether oxygens (including phenoxy) is 1. The van der Waals surface area contributed by atoms with Crippen molar-refractivity contribution in [2.45, 2.75) is 20.3 Å². The Balaban J connectivity index is 3.60. The Kier molecular flexibility index (Phi) is 4.90. The lowest BCUT2D eigenvalue weighted by atomic mass is 10.3. The molecule has 0 aliphatic carbocycles. The molecule has 0 rings (SSSR count). The van der Waals surface area contributed by atoms with Crippen LogP contribution in [0.15, 0.2) is 0 Å². The molecular weight excluding hydrogens is 154 g/mol. The molecule has 0 atom stereocenters. The number of rotatable bonds is 5. The second-order valence-electron chi connectivity index (χ2n) is 3.53. The van der Waals surface area contributed by atoms with Crippen LogP contribution in [0.1, 0.15) is 20.3 Å². The molecule has 0 aromatic heterocycles. The van der Waals surface area contributed by atoms with Crippen LogP contribution in [-0.2, 0) is 9.53 Å². The summed E-state index contributed by atoms with van der Waals surface area (Å²) in [6.07, 6.45) is 0.522. The van der Waals surface area contributed by atoms with Gasteiger partial charge in [-0.1, -0.05) is 0 Å². The van der Waals surface area contributed by atoms with Gasteiger partial charge in [0.15, 0.2) is 0 Å². The molecule has 0 aromatic carbocycles. The minimum absolute atomic E-state index is 0.0860. The van der Waals surface area contributed by atoms with Gasteiger partial charge in [-0.2, -0.15) is 0 Å². The molecule has 0 fully saturated rings. The van der Waals surface area contributed by atoms with Crippen LogP contribution in [0.3, 0.4) is 0 Å². The van der Waals surface area contributed by atoms with Crippen molar-refractivity contribution in [2.75, 3.05) is 33.8 Å². The molecule has 0 saturated heterocycles. The molecule has 12 heavy (non-hydrogen) atoms. The minimum Gasteiger partial charge on any atom is -0.466 e. The molecule has 0 saturated carbocycles. The van der Waals surface area contributed by atoms with Crippen LogP contribution in [0, 0.1) is 0 Å². The third kappa shape index (κ3) is 5.13. The predicted octanol–water partition coefficient (Wildman–Crippen LogP) is 1.04. The van der Waals surface area contributed by atoms with E-state index < -0.39 is 0 Å². The van der Waals surface area contributed by atoms with Gasteiger partial charge in [-0.3, -0.25) is 4.79 Å². The zero-order valence-corrected chi connectivity index (χ0v) is 8.59. The fourth-order valence-electron chi connectivity index (χ4n) is 0.785. The maximum Gasteiger partial charge on any atom is 0.311 e. The number of esters is 1. The SMILES string of the molecule is CCOC(=O)CC[N+](C)(C)CC. The maximum atomic E-state index is 11.0. The topological polar surface area (TPSA) is 26.3 Å². The summed E-state index contributed by atoms with van der Waals surface area (Å²) >= 11 is 0. The van der Waals surface area contributed by atoms with Crippen molar-refractivity contribution in [3.8, 4) is 0 Å². The highest BCUT2D eigenvalue weighted by Crippen LogP contribution is 1.99. The Morgan fingerprint density at radius 2 is 1.92 bits per heavy atom. The smallest absolute Gasteiger partial charge is 0.311 e. The number of quaternary nitrogens is 1. The normalized spacial score (nSPS) is 11.3. The second kappa shape index (κ2) is 5.14. The number of hydrogen-bond donors (Lipinski definition) is 0. The van der Waals surface area contributed by atoms with Gasteiger partial charge in [-0.05, 0) is 13.8 Å². The molecule has 72 valence electrons. The fourth-order valence-corrected chi connectivity index (χ4v) is 0.785. The van der Waals surface area contributed by atoms with Crippen molar-refractivity contribution >= 4 is 5.97 Å². The summed E-state index contributed by atoms with van der Waals surface area (Å²) in [7, 11) is 4.22. The van der Waals surface area contributed by atoms with Gasteiger partial charge in [0.25, 0.3) is 0 Å². The fraction of sp³-hybridized carbons (Fsp3) is 0.889. The highest BCUT2D eigenvalue weighted by molar-refractivity contribution is 5.69. The number of nitrogens with zero attached hydrogens (tertiary/aromatic N) is 1. The summed E-state index contributed by atoms with van der Waals surface area (Å²) in [5.41, 5.74) is 0. The highest BCUT2D eigenvalue weighted by Gasteiger charge is 2.14. The summed E-state index contributed by atoms with van der Waals surface area (Å²) in [5.74, 6) is -0.0860. The lowest BCUT2D eigenvalue weighted by molar-refractivity contribution is -0.887. The second-order valence-corrected chi connectivity index (χ2v) is 3.53. The predicted molar refractivity (Wildman–Crippen MR) is 48.8 cm³/mol. The van der Waals surface area contributed by atoms with E-state index in [1.165, 1.54) is 0 Å². The quantitative estimate of drug-likeness (QED) is 0.460. The van der Waals surface area contributed by atoms with Gasteiger partial charge in [-0.15, -0.1) is 0 Å². The lowest BCUT2D eigenvalue weighted by Crippen LogP contribution is -2.40. The first-order valence-corrected chi connectivity index (χ1v) is 4.49. The molecular formula is C9H20NO2+. The monoisotopic (exact) mass is 174 g/mol. The average molecular weight is 174 g/mol. The van der Waals surface area contributed by atoms with Gasteiger partial charge in [0.2, 0.25) is 0 Å². The van der Waals surface area contributed by atoms with E-state index in [-0.39, 0.29) is 5.97 Å². The largest absolute Gasteiger partial charge is 0.466 e. The Morgan fingerprint density at radius 3 is 2.33 bits per heavy atom. The Bertz CT molecular complexity index is 143. The molecule has 0 bridgehead atoms. The molecule has 0 aromatic rings. The maximum absolute atomic E-state index is 11.0. The van der Waals surface area contributed by atoms with Gasteiger partial charge in [-0.25, -0.2) is 0 Å².